The van der Waals surface area contributed by atoms with Crippen molar-refractivity contribution < 1.29 is 14.3 Å². The molecule has 0 aliphatic carbocycles. The monoisotopic (exact) mass is 258 g/mol. The average molecular weight is 258 g/mol. The molecule has 0 saturated heterocycles. The first kappa shape index (κ1) is 13.0. The Hall–Kier alpha value is -2.43. The Morgan fingerprint density at radius 1 is 1.21 bits per heavy atom. The summed E-state index contributed by atoms with van der Waals surface area (Å²) in [5.41, 5.74) is 2.86. The second kappa shape index (κ2) is 5.48. The van der Waals surface area contributed by atoms with E-state index in [1.807, 2.05) is 19.1 Å². The smallest absolute Gasteiger partial charge is 0.356 e. The minimum atomic E-state index is -0.490. The van der Waals surface area contributed by atoms with Crippen molar-refractivity contribution in [1.29, 1.82) is 0 Å². The summed E-state index contributed by atoms with van der Waals surface area (Å²) in [4.78, 5) is 19.7. The largest absolute Gasteiger partial charge is 0.481 e. The minimum Gasteiger partial charge on any atom is -0.481 e. The van der Waals surface area contributed by atoms with Gasteiger partial charge in [0.2, 0.25) is 5.88 Å². The number of nitrogens with zero attached hydrogens (tertiary/aromatic N) is 2. The molecule has 0 N–H and O–H groups in total. The number of esters is 1. The molecule has 0 fully saturated rings. The molecule has 0 radical (unpaired) electrons. The lowest BCUT2D eigenvalue weighted by Gasteiger charge is -2.09. The molecule has 5 heteroatoms. The van der Waals surface area contributed by atoms with Gasteiger partial charge in [0.05, 0.1) is 14.2 Å². The molecule has 2 aromatic heterocycles. The molecule has 0 spiro atoms. The molecule has 0 atom stereocenters. The molecule has 0 bridgehead atoms. The Balaban J connectivity index is 2.50. The van der Waals surface area contributed by atoms with Crippen LogP contribution in [0, 0.1) is 6.92 Å². The molecule has 0 saturated carbocycles. The van der Waals surface area contributed by atoms with E-state index in [4.69, 9.17) is 4.74 Å². The number of hydrogen-bond donors (Lipinski definition) is 0. The van der Waals surface area contributed by atoms with Crippen LogP contribution in [-0.4, -0.2) is 30.2 Å². The molecule has 0 amide bonds. The summed E-state index contributed by atoms with van der Waals surface area (Å²) in [6.45, 7) is 1.91. The van der Waals surface area contributed by atoms with Crippen molar-refractivity contribution in [2.75, 3.05) is 14.2 Å². The molecule has 98 valence electrons. The topological polar surface area (TPSA) is 61.3 Å². The van der Waals surface area contributed by atoms with Crippen molar-refractivity contribution in [3.05, 3.63) is 41.9 Å². The van der Waals surface area contributed by atoms with Crippen LogP contribution in [0.1, 0.15) is 16.2 Å². The van der Waals surface area contributed by atoms with Gasteiger partial charge in [0, 0.05) is 17.5 Å². The third-order valence-corrected chi connectivity index (χ3v) is 2.66. The summed E-state index contributed by atoms with van der Waals surface area (Å²) in [5, 5.41) is 0. The van der Waals surface area contributed by atoms with Crippen LogP contribution in [0.3, 0.4) is 0 Å². The van der Waals surface area contributed by atoms with Crippen LogP contribution in [0.5, 0.6) is 5.88 Å². The maximum absolute atomic E-state index is 11.4. The van der Waals surface area contributed by atoms with E-state index in [2.05, 4.69) is 14.7 Å². The fraction of sp³-hybridized carbons (Fsp3) is 0.214. The number of aromatic nitrogens is 2. The van der Waals surface area contributed by atoms with Gasteiger partial charge >= 0.3 is 5.97 Å². The zero-order valence-electron chi connectivity index (χ0n) is 11.0. The Labute approximate surface area is 111 Å². The van der Waals surface area contributed by atoms with Gasteiger partial charge in [-0.25, -0.2) is 9.78 Å². The minimum absolute atomic E-state index is 0.217. The summed E-state index contributed by atoms with van der Waals surface area (Å²) in [6.07, 6.45) is 1.72. The highest BCUT2D eigenvalue weighted by atomic mass is 16.5. The molecule has 5 nitrogen and oxygen atoms in total. The fourth-order valence-electron chi connectivity index (χ4n) is 1.75. The number of methoxy groups -OCH3 is 2. The van der Waals surface area contributed by atoms with E-state index in [1.54, 1.807) is 18.3 Å². The summed E-state index contributed by atoms with van der Waals surface area (Å²) < 4.78 is 9.87. The molecule has 0 aliphatic heterocycles. The Bertz CT molecular complexity index is 611. The number of rotatable bonds is 3. The predicted octanol–water partition coefficient (Wildman–Crippen LogP) is 2.25. The van der Waals surface area contributed by atoms with Crippen LogP contribution >= 0.6 is 0 Å². The highest BCUT2D eigenvalue weighted by Gasteiger charge is 2.13. The lowest BCUT2D eigenvalue weighted by Crippen LogP contribution is -2.05. The van der Waals surface area contributed by atoms with Crippen molar-refractivity contribution in [2.45, 2.75) is 6.92 Å². The molecule has 2 rings (SSSR count). The van der Waals surface area contributed by atoms with Crippen molar-refractivity contribution in [2.24, 2.45) is 0 Å². The number of carbonyl (C=O) groups is 1. The summed E-state index contributed by atoms with van der Waals surface area (Å²) in [5.74, 6) is -0.107. The van der Waals surface area contributed by atoms with E-state index in [0.717, 1.165) is 16.8 Å². The summed E-state index contributed by atoms with van der Waals surface area (Å²) in [7, 11) is 2.83. The summed E-state index contributed by atoms with van der Waals surface area (Å²) >= 11 is 0. The lowest BCUT2D eigenvalue weighted by molar-refractivity contribution is 0.0593. The van der Waals surface area contributed by atoms with Crippen LogP contribution in [-0.2, 0) is 4.74 Å². The second-order valence-corrected chi connectivity index (χ2v) is 3.93. The van der Waals surface area contributed by atoms with Crippen molar-refractivity contribution in [3.63, 3.8) is 0 Å². The van der Waals surface area contributed by atoms with Crippen molar-refractivity contribution in [1.82, 2.24) is 9.97 Å². The molecular formula is C14H14N2O3. The standard InChI is InChI=1S/C14H14N2O3/c1-9-8-10(6-7-15-9)11-4-5-12(14(17)19-3)16-13(11)18-2/h4-8H,1-3H3. The van der Waals surface area contributed by atoms with E-state index in [1.165, 1.54) is 14.2 Å². The Morgan fingerprint density at radius 3 is 2.63 bits per heavy atom. The molecule has 2 heterocycles. The lowest BCUT2D eigenvalue weighted by atomic mass is 10.1. The van der Waals surface area contributed by atoms with Gasteiger partial charge in [-0.05, 0) is 36.8 Å². The van der Waals surface area contributed by atoms with E-state index in [9.17, 15) is 4.79 Å². The molecule has 0 aliphatic rings. The number of ether oxygens (including phenoxy) is 2. The second-order valence-electron chi connectivity index (χ2n) is 3.93. The Kier molecular flexibility index (Phi) is 3.75. The molecule has 0 unspecified atom stereocenters. The van der Waals surface area contributed by atoms with Crippen molar-refractivity contribution >= 4 is 5.97 Å². The number of pyridine rings is 2. The van der Waals surface area contributed by atoms with Gasteiger partial charge in [0.1, 0.15) is 0 Å². The Morgan fingerprint density at radius 2 is 2.00 bits per heavy atom. The number of carbonyl (C=O) groups excluding carboxylic acids is 1. The maximum atomic E-state index is 11.4. The zero-order chi connectivity index (χ0) is 13.8. The van der Waals surface area contributed by atoms with Crippen LogP contribution < -0.4 is 4.74 Å². The molecular weight excluding hydrogens is 244 g/mol. The maximum Gasteiger partial charge on any atom is 0.356 e. The van der Waals surface area contributed by atoms with Crippen LogP contribution in [0.2, 0.25) is 0 Å². The SMILES string of the molecule is COC(=O)c1ccc(-c2ccnc(C)c2)c(OC)n1. The predicted molar refractivity (Wildman–Crippen MR) is 70.1 cm³/mol. The van der Waals surface area contributed by atoms with Gasteiger partial charge in [-0.2, -0.15) is 0 Å². The molecule has 2 aromatic rings. The molecule has 19 heavy (non-hydrogen) atoms. The van der Waals surface area contributed by atoms with Gasteiger partial charge < -0.3 is 9.47 Å². The number of hydrogen-bond acceptors (Lipinski definition) is 5. The van der Waals surface area contributed by atoms with Gasteiger partial charge in [-0.3, -0.25) is 4.98 Å². The first-order chi connectivity index (χ1) is 9.15. The first-order valence-electron chi connectivity index (χ1n) is 5.72. The highest BCUT2D eigenvalue weighted by Crippen LogP contribution is 2.28. The van der Waals surface area contributed by atoms with E-state index >= 15 is 0 Å². The van der Waals surface area contributed by atoms with Gasteiger partial charge in [-0.1, -0.05) is 0 Å². The van der Waals surface area contributed by atoms with Gasteiger partial charge in [0.25, 0.3) is 0 Å². The van der Waals surface area contributed by atoms with E-state index in [-0.39, 0.29) is 5.69 Å². The zero-order valence-corrected chi connectivity index (χ0v) is 11.0. The van der Waals surface area contributed by atoms with E-state index in [0.29, 0.717) is 5.88 Å². The van der Waals surface area contributed by atoms with E-state index < -0.39 is 5.97 Å². The first-order valence-corrected chi connectivity index (χ1v) is 5.72. The molecule has 0 aromatic carbocycles. The van der Waals surface area contributed by atoms with Crippen LogP contribution in [0.25, 0.3) is 11.1 Å². The van der Waals surface area contributed by atoms with Crippen LogP contribution in [0.15, 0.2) is 30.5 Å². The number of aryl methyl sites for hydroxylation is 1. The fourth-order valence-corrected chi connectivity index (χ4v) is 1.75. The average Bonchev–Trinajstić information content (AvgIpc) is 2.45. The third kappa shape index (κ3) is 2.70. The summed E-state index contributed by atoms with van der Waals surface area (Å²) in [6, 6.07) is 7.19. The van der Waals surface area contributed by atoms with Crippen molar-refractivity contribution in [3.8, 4) is 17.0 Å². The third-order valence-electron chi connectivity index (χ3n) is 2.66. The normalized spacial score (nSPS) is 10.1. The highest BCUT2D eigenvalue weighted by molar-refractivity contribution is 5.88. The van der Waals surface area contributed by atoms with Gasteiger partial charge in [0.15, 0.2) is 5.69 Å². The van der Waals surface area contributed by atoms with Gasteiger partial charge in [-0.15, -0.1) is 0 Å². The quantitative estimate of drug-likeness (QED) is 0.790. The van der Waals surface area contributed by atoms with Crippen LogP contribution in [0.4, 0.5) is 0 Å².